The number of carboxylic acids is 1. The van der Waals surface area contributed by atoms with Crippen LogP contribution in [0.5, 0.6) is 0 Å². The number of carboxylic acid groups (broad SMARTS) is 1. The summed E-state index contributed by atoms with van der Waals surface area (Å²) in [5, 5.41) is 12.3. The smallest absolute Gasteiger partial charge is 0.309 e. The highest BCUT2D eigenvalue weighted by Gasteiger charge is 2.29. The fraction of sp³-hybridized carbons (Fsp3) is 0.600. The number of rotatable bonds is 6. The quantitative estimate of drug-likeness (QED) is 0.687. The van der Waals surface area contributed by atoms with Crippen LogP contribution >= 0.6 is 0 Å². The maximum atomic E-state index is 12.0. The van der Waals surface area contributed by atoms with Crippen LogP contribution in [0.3, 0.4) is 0 Å². The molecule has 8 nitrogen and oxygen atoms in total. The Morgan fingerprint density at radius 1 is 1.53 bits per heavy atom. The molecule has 0 bridgehead atoms. The zero-order chi connectivity index (χ0) is 14.8. The van der Waals surface area contributed by atoms with Crippen molar-refractivity contribution in [3.05, 3.63) is 5.76 Å². The Balaban J connectivity index is 2.76. The third-order valence-corrected chi connectivity index (χ3v) is 4.34. The second kappa shape index (κ2) is 5.17. The number of hydrogen-bond donors (Lipinski definition) is 3. The van der Waals surface area contributed by atoms with Crippen molar-refractivity contribution in [2.45, 2.75) is 32.1 Å². The number of aliphatic carboxylic acids is 1. The zero-order valence-electron chi connectivity index (χ0n) is 10.9. The Morgan fingerprint density at radius 3 is 2.53 bits per heavy atom. The van der Waals surface area contributed by atoms with Gasteiger partial charge in [-0.3, -0.25) is 4.79 Å². The van der Waals surface area contributed by atoms with Crippen LogP contribution in [0.2, 0.25) is 0 Å². The Hall–Kier alpha value is -1.61. The van der Waals surface area contributed by atoms with E-state index in [4.69, 9.17) is 10.8 Å². The topological polar surface area (TPSA) is 136 Å². The van der Waals surface area contributed by atoms with Crippen molar-refractivity contribution in [2.75, 3.05) is 12.3 Å². The lowest BCUT2D eigenvalue weighted by Crippen LogP contribution is -2.32. The summed E-state index contributed by atoms with van der Waals surface area (Å²) >= 11 is 0. The predicted molar refractivity (Wildman–Crippen MR) is 66.9 cm³/mol. The molecule has 0 unspecified atom stereocenters. The molecule has 108 valence electrons. The standard InChI is InChI=1S/C10H17N3O5S/c1-6-7(8(11)13-18-6)19(16,17)12-5-4-10(2,3)9(14)15/h12H,4-5H2,1-3H3,(H2,11,13)(H,14,15). The van der Waals surface area contributed by atoms with E-state index in [1.54, 1.807) is 0 Å². The molecule has 19 heavy (non-hydrogen) atoms. The molecule has 0 aliphatic rings. The van der Waals surface area contributed by atoms with E-state index in [-0.39, 0.29) is 29.4 Å². The molecule has 0 spiro atoms. The number of nitrogen functional groups attached to an aromatic ring is 1. The molecule has 0 aliphatic carbocycles. The third kappa shape index (κ3) is 3.44. The van der Waals surface area contributed by atoms with Crippen LogP contribution in [0, 0.1) is 12.3 Å². The molecule has 1 heterocycles. The summed E-state index contributed by atoms with van der Waals surface area (Å²) in [6.07, 6.45) is 0.145. The van der Waals surface area contributed by atoms with Crippen molar-refractivity contribution in [1.29, 1.82) is 0 Å². The number of anilines is 1. The monoisotopic (exact) mass is 291 g/mol. The minimum atomic E-state index is -3.85. The molecule has 0 atom stereocenters. The maximum absolute atomic E-state index is 12.0. The molecule has 0 aromatic carbocycles. The highest BCUT2D eigenvalue weighted by Crippen LogP contribution is 2.23. The fourth-order valence-electron chi connectivity index (χ4n) is 1.38. The molecule has 4 N–H and O–H groups in total. The summed E-state index contributed by atoms with van der Waals surface area (Å²) < 4.78 is 30.9. The first kappa shape index (κ1) is 15.4. The van der Waals surface area contributed by atoms with Gasteiger partial charge in [-0.05, 0) is 27.2 Å². The zero-order valence-corrected chi connectivity index (χ0v) is 11.7. The van der Waals surface area contributed by atoms with Crippen molar-refractivity contribution in [3.8, 4) is 0 Å². The molecular formula is C10H17N3O5S. The fourth-order valence-corrected chi connectivity index (χ4v) is 2.63. The molecule has 1 aromatic rings. The van der Waals surface area contributed by atoms with E-state index < -0.39 is 21.4 Å². The van der Waals surface area contributed by atoms with E-state index in [2.05, 4.69) is 14.4 Å². The predicted octanol–water partition coefficient (Wildman–Crippen LogP) is 0.344. The average Bonchev–Trinajstić information content (AvgIpc) is 2.58. The number of nitrogens with zero attached hydrogens (tertiary/aromatic N) is 1. The minimum absolute atomic E-state index is 0.0221. The molecule has 9 heteroatoms. The van der Waals surface area contributed by atoms with Gasteiger partial charge in [0.1, 0.15) is 0 Å². The SMILES string of the molecule is Cc1onc(N)c1S(=O)(=O)NCCC(C)(C)C(=O)O. The molecular weight excluding hydrogens is 274 g/mol. The van der Waals surface area contributed by atoms with Crippen molar-refractivity contribution in [3.63, 3.8) is 0 Å². The first-order valence-corrected chi connectivity index (χ1v) is 7.01. The van der Waals surface area contributed by atoms with Crippen LogP contribution in [-0.2, 0) is 14.8 Å². The van der Waals surface area contributed by atoms with E-state index in [1.165, 1.54) is 20.8 Å². The van der Waals surface area contributed by atoms with Gasteiger partial charge in [-0.2, -0.15) is 0 Å². The van der Waals surface area contributed by atoms with Crippen molar-refractivity contribution < 1.29 is 22.8 Å². The van der Waals surface area contributed by atoms with Gasteiger partial charge >= 0.3 is 5.97 Å². The number of nitrogens with one attached hydrogen (secondary N) is 1. The van der Waals surface area contributed by atoms with Gasteiger partial charge in [-0.25, -0.2) is 13.1 Å². The first-order chi connectivity index (χ1) is 8.58. The summed E-state index contributed by atoms with van der Waals surface area (Å²) in [5.74, 6) is -1.13. The van der Waals surface area contributed by atoms with Gasteiger partial charge in [0.05, 0.1) is 5.41 Å². The lowest BCUT2D eigenvalue weighted by atomic mass is 9.90. The lowest BCUT2D eigenvalue weighted by molar-refractivity contribution is -0.147. The Kier molecular flexibility index (Phi) is 4.21. The molecule has 1 aromatic heterocycles. The third-order valence-electron chi connectivity index (χ3n) is 2.72. The van der Waals surface area contributed by atoms with Crippen LogP contribution in [0.1, 0.15) is 26.0 Å². The van der Waals surface area contributed by atoms with Crippen LogP contribution < -0.4 is 10.5 Å². The highest BCUT2D eigenvalue weighted by atomic mass is 32.2. The van der Waals surface area contributed by atoms with Crippen LogP contribution in [0.25, 0.3) is 0 Å². The van der Waals surface area contributed by atoms with Gasteiger partial charge in [0.25, 0.3) is 0 Å². The van der Waals surface area contributed by atoms with Gasteiger partial charge in [-0.15, -0.1) is 0 Å². The summed E-state index contributed by atoms with van der Waals surface area (Å²) in [6, 6.07) is 0. The number of aromatic nitrogens is 1. The van der Waals surface area contributed by atoms with Crippen LogP contribution in [0.15, 0.2) is 9.42 Å². The molecule has 0 radical (unpaired) electrons. The van der Waals surface area contributed by atoms with Crippen molar-refractivity contribution >= 4 is 21.8 Å². The van der Waals surface area contributed by atoms with E-state index in [0.29, 0.717) is 0 Å². The molecule has 0 fully saturated rings. The van der Waals surface area contributed by atoms with E-state index in [1.807, 2.05) is 0 Å². The molecule has 1 rings (SSSR count). The number of nitrogens with two attached hydrogens (primary N) is 1. The summed E-state index contributed by atoms with van der Waals surface area (Å²) in [6.45, 7) is 4.44. The minimum Gasteiger partial charge on any atom is -0.481 e. The van der Waals surface area contributed by atoms with Crippen molar-refractivity contribution in [2.24, 2.45) is 5.41 Å². The maximum Gasteiger partial charge on any atom is 0.309 e. The number of sulfonamides is 1. The van der Waals surface area contributed by atoms with Crippen LogP contribution in [0.4, 0.5) is 5.82 Å². The average molecular weight is 291 g/mol. The summed E-state index contributed by atoms with van der Waals surface area (Å²) in [4.78, 5) is 10.7. The number of aryl methyl sites for hydroxylation is 1. The van der Waals surface area contributed by atoms with E-state index in [0.717, 1.165) is 0 Å². The highest BCUT2D eigenvalue weighted by molar-refractivity contribution is 7.89. The number of carbonyl (C=O) groups is 1. The molecule has 0 saturated carbocycles. The second-order valence-corrected chi connectivity index (χ2v) is 6.49. The van der Waals surface area contributed by atoms with Gasteiger partial charge in [-0.1, -0.05) is 5.16 Å². The first-order valence-electron chi connectivity index (χ1n) is 5.53. The largest absolute Gasteiger partial charge is 0.481 e. The van der Waals surface area contributed by atoms with Gasteiger partial charge in [0, 0.05) is 6.54 Å². The Bertz CT molecular complexity index is 556. The Labute approximate surface area is 111 Å². The van der Waals surface area contributed by atoms with E-state index >= 15 is 0 Å². The normalized spacial score (nSPS) is 12.6. The summed E-state index contributed by atoms with van der Waals surface area (Å²) in [7, 11) is -3.85. The Morgan fingerprint density at radius 2 is 2.11 bits per heavy atom. The lowest BCUT2D eigenvalue weighted by Gasteiger charge is -2.18. The van der Waals surface area contributed by atoms with Gasteiger partial charge in [0.15, 0.2) is 16.5 Å². The number of hydrogen-bond acceptors (Lipinski definition) is 6. The molecule has 0 aliphatic heterocycles. The summed E-state index contributed by atoms with van der Waals surface area (Å²) in [5.41, 5.74) is 4.40. The van der Waals surface area contributed by atoms with Gasteiger partial charge < -0.3 is 15.4 Å². The second-order valence-electron chi connectivity index (χ2n) is 4.79. The van der Waals surface area contributed by atoms with Gasteiger partial charge in [0.2, 0.25) is 10.0 Å². The molecule has 0 amide bonds. The van der Waals surface area contributed by atoms with Crippen molar-refractivity contribution in [1.82, 2.24) is 9.88 Å². The van der Waals surface area contributed by atoms with E-state index in [9.17, 15) is 13.2 Å². The molecule has 0 saturated heterocycles. The van der Waals surface area contributed by atoms with Crippen LogP contribution in [-0.4, -0.2) is 31.2 Å².